The van der Waals surface area contributed by atoms with Gasteiger partial charge < -0.3 is 0 Å². The summed E-state index contributed by atoms with van der Waals surface area (Å²) < 4.78 is 0.991. The van der Waals surface area contributed by atoms with Gasteiger partial charge in [0.2, 0.25) is 0 Å². The standard InChI is InChI=1S/C10H10NOS/c1-2-3-7-4-5-9-8(6-7)11-10(12)13-9/h4-6H,2-3H2,1H3. The van der Waals surface area contributed by atoms with Crippen LogP contribution >= 0.6 is 11.3 Å². The molecule has 1 aromatic heterocycles. The molecule has 0 amide bonds. The lowest BCUT2D eigenvalue weighted by molar-refractivity contribution is 0.353. The van der Waals surface area contributed by atoms with Crippen molar-refractivity contribution in [3.05, 3.63) is 23.8 Å². The molecule has 2 aromatic rings. The molecule has 0 spiro atoms. The molecule has 0 saturated carbocycles. The molecular weight excluding hydrogens is 182 g/mol. The molecule has 1 aromatic carbocycles. The monoisotopic (exact) mass is 192 g/mol. The van der Waals surface area contributed by atoms with Crippen LogP contribution in [0.4, 0.5) is 0 Å². The first kappa shape index (κ1) is 8.51. The third-order valence-corrected chi connectivity index (χ3v) is 2.80. The minimum Gasteiger partial charge on any atom is -0.255 e. The Bertz CT molecular complexity index is 422. The first-order valence-electron chi connectivity index (χ1n) is 4.36. The van der Waals surface area contributed by atoms with Gasteiger partial charge in [0, 0.05) is 0 Å². The van der Waals surface area contributed by atoms with E-state index in [2.05, 4.69) is 18.0 Å². The molecule has 0 aliphatic rings. The molecule has 0 bridgehead atoms. The third kappa shape index (κ3) is 1.65. The summed E-state index contributed by atoms with van der Waals surface area (Å²) in [7, 11) is 0. The van der Waals surface area contributed by atoms with Gasteiger partial charge in [0.1, 0.15) is 0 Å². The maximum atomic E-state index is 11.0. The predicted molar refractivity (Wildman–Crippen MR) is 53.7 cm³/mol. The SMILES string of the molecule is CCCc1ccc2sc([O])nc2c1. The zero-order chi connectivity index (χ0) is 9.26. The van der Waals surface area contributed by atoms with Gasteiger partial charge >= 0.3 is 5.19 Å². The summed E-state index contributed by atoms with van der Waals surface area (Å²) in [5.41, 5.74) is 2.11. The molecule has 0 aliphatic carbocycles. The Hall–Kier alpha value is -1.09. The minimum atomic E-state index is -0.0938. The fraction of sp³-hybridized carbons (Fsp3) is 0.300. The highest BCUT2D eigenvalue weighted by atomic mass is 32.1. The zero-order valence-corrected chi connectivity index (χ0v) is 8.23. The van der Waals surface area contributed by atoms with Crippen LogP contribution in [0.1, 0.15) is 18.9 Å². The number of hydrogen-bond donors (Lipinski definition) is 0. The second-order valence-corrected chi connectivity index (χ2v) is 4.03. The van der Waals surface area contributed by atoms with Crippen molar-refractivity contribution < 1.29 is 5.11 Å². The van der Waals surface area contributed by atoms with Gasteiger partial charge in [-0.15, -0.1) is 0 Å². The molecule has 67 valence electrons. The smallest absolute Gasteiger partial charge is 0.255 e. The fourth-order valence-electron chi connectivity index (χ4n) is 1.40. The molecule has 13 heavy (non-hydrogen) atoms. The maximum absolute atomic E-state index is 11.0. The molecule has 0 aliphatic heterocycles. The van der Waals surface area contributed by atoms with Crippen LogP contribution in [0.25, 0.3) is 10.2 Å². The van der Waals surface area contributed by atoms with Crippen molar-refractivity contribution in [2.24, 2.45) is 0 Å². The Morgan fingerprint density at radius 3 is 3.08 bits per heavy atom. The topological polar surface area (TPSA) is 32.8 Å². The Balaban J connectivity index is 2.48. The molecule has 1 radical (unpaired) electrons. The number of aryl methyl sites for hydroxylation is 1. The van der Waals surface area contributed by atoms with E-state index >= 15 is 0 Å². The highest BCUT2D eigenvalue weighted by Gasteiger charge is 2.03. The first-order valence-corrected chi connectivity index (χ1v) is 5.17. The van der Waals surface area contributed by atoms with E-state index in [-0.39, 0.29) is 5.19 Å². The molecule has 0 atom stereocenters. The number of thiazole rings is 1. The molecule has 0 N–H and O–H groups in total. The van der Waals surface area contributed by atoms with Gasteiger partial charge in [0.15, 0.2) is 0 Å². The molecule has 0 unspecified atom stereocenters. The molecule has 2 nitrogen and oxygen atoms in total. The number of nitrogens with zero attached hydrogens (tertiary/aromatic N) is 1. The van der Waals surface area contributed by atoms with E-state index in [0.29, 0.717) is 0 Å². The highest BCUT2D eigenvalue weighted by molar-refractivity contribution is 7.20. The third-order valence-electron chi connectivity index (χ3n) is 1.97. The number of benzene rings is 1. The maximum Gasteiger partial charge on any atom is 0.327 e. The Kier molecular flexibility index (Phi) is 2.19. The highest BCUT2D eigenvalue weighted by Crippen LogP contribution is 2.27. The Labute approximate surface area is 80.9 Å². The van der Waals surface area contributed by atoms with Gasteiger partial charge in [-0.05, 0) is 24.1 Å². The molecule has 0 fully saturated rings. The second kappa shape index (κ2) is 3.34. The summed E-state index contributed by atoms with van der Waals surface area (Å²) in [6.45, 7) is 2.14. The van der Waals surface area contributed by atoms with Crippen molar-refractivity contribution in [3.8, 4) is 5.19 Å². The van der Waals surface area contributed by atoms with Crippen molar-refractivity contribution in [2.75, 3.05) is 0 Å². The van der Waals surface area contributed by atoms with Crippen LogP contribution < -0.4 is 0 Å². The van der Waals surface area contributed by atoms with E-state index in [4.69, 9.17) is 0 Å². The van der Waals surface area contributed by atoms with Gasteiger partial charge in [-0.3, -0.25) is 5.11 Å². The van der Waals surface area contributed by atoms with Gasteiger partial charge in [-0.1, -0.05) is 30.7 Å². The summed E-state index contributed by atoms with van der Waals surface area (Å²) >= 11 is 1.21. The summed E-state index contributed by atoms with van der Waals surface area (Å²) in [5, 5.41) is 10.9. The van der Waals surface area contributed by atoms with E-state index < -0.39 is 0 Å². The summed E-state index contributed by atoms with van der Waals surface area (Å²) in [5.74, 6) is 0. The van der Waals surface area contributed by atoms with E-state index in [0.717, 1.165) is 23.1 Å². The van der Waals surface area contributed by atoms with Gasteiger partial charge in [-0.25, -0.2) is 0 Å². The van der Waals surface area contributed by atoms with Crippen molar-refractivity contribution in [3.63, 3.8) is 0 Å². The average molecular weight is 192 g/mol. The normalized spacial score (nSPS) is 10.8. The lowest BCUT2D eigenvalue weighted by Gasteiger charge is -1.96. The quantitative estimate of drug-likeness (QED) is 0.717. The van der Waals surface area contributed by atoms with Gasteiger partial charge in [0.05, 0.1) is 10.2 Å². The van der Waals surface area contributed by atoms with Crippen LogP contribution in [0.2, 0.25) is 0 Å². The number of aromatic nitrogens is 1. The van der Waals surface area contributed by atoms with Crippen molar-refractivity contribution in [1.29, 1.82) is 0 Å². The van der Waals surface area contributed by atoms with Crippen molar-refractivity contribution >= 4 is 21.6 Å². The van der Waals surface area contributed by atoms with Gasteiger partial charge in [0.25, 0.3) is 0 Å². The zero-order valence-electron chi connectivity index (χ0n) is 7.41. The van der Waals surface area contributed by atoms with Crippen LogP contribution in [0.5, 0.6) is 5.19 Å². The van der Waals surface area contributed by atoms with E-state index in [9.17, 15) is 5.11 Å². The average Bonchev–Trinajstić information content (AvgIpc) is 2.44. The van der Waals surface area contributed by atoms with Crippen molar-refractivity contribution in [1.82, 2.24) is 4.98 Å². The number of rotatable bonds is 2. The predicted octanol–water partition coefficient (Wildman–Crippen LogP) is 3.39. The van der Waals surface area contributed by atoms with Crippen molar-refractivity contribution in [2.45, 2.75) is 19.8 Å². The Morgan fingerprint density at radius 1 is 1.46 bits per heavy atom. The second-order valence-electron chi connectivity index (χ2n) is 3.03. The van der Waals surface area contributed by atoms with E-state index in [1.54, 1.807) is 0 Å². The number of hydrogen-bond acceptors (Lipinski definition) is 2. The first-order chi connectivity index (χ1) is 6.29. The van der Waals surface area contributed by atoms with E-state index in [1.165, 1.54) is 16.9 Å². The largest absolute Gasteiger partial charge is 0.327 e. The molecule has 1 heterocycles. The fourth-order valence-corrected chi connectivity index (χ4v) is 2.07. The van der Waals surface area contributed by atoms with E-state index in [1.807, 2.05) is 12.1 Å². The molecular formula is C10H10NOS. The summed E-state index contributed by atoms with van der Waals surface area (Å²) in [6, 6.07) is 6.07. The van der Waals surface area contributed by atoms with Gasteiger partial charge in [-0.2, -0.15) is 4.98 Å². The summed E-state index contributed by atoms with van der Waals surface area (Å²) in [4.78, 5) is 3.92. The van der Waals surface area contributed by atoms with Crippen LogP contribution in [-0.4, -0.2) is 4.98 Å². The Morgan fingerprint density at radius 2 is 2.31 bits per heavy atom. The number of fused-ring (bicyclic) bond motifs is 1. The van der Waals surface area contributed by atoms with Crippen LogP contribution in [0.3, 0.4) is 0 Å². The molecule has 0 saturated heterocycles. The molecule has 3 heteroatoms. The van der Waals surface area contributed by atoms with Crippen LogP contribution in [-0.2, 0) is 11.5 Å². The minimum absolute atomic E-state index is 0.0938. The van der Waals surface area contributed by atoms with Crippen LogP contribution in [0.15, 0.2) is 18.2 Å². The lowest BCUT2D eigenvalue weighted by atomic mass is 10.1. The lowest BCUT2D eigenvalue weighted by Crippen LogP contribution is -1.81. The summed E-state index contributed by atoms with van der Waals surface area (Å²) in [6.07, 6.45) is 2.18. The molecule has 2 rings (SSSR count). The van der Waals surface area contributed by atoms with Crippen LogP contribution in [0, 0.1) is 0 Å².